The summed E-state index contributed by atoms with van der Waals surface area (Å²) in [6.07, 6.45) is 2.53. The molecule has 0 fully saturated rings. The number of aryl methyl sites for hydroxylation is 1. The fourth-order valence-electron chi connectivity index (χ4n) is 2.83. The summed E-state index contributed by atoms with van der Waals surface area (Å²) in [6, 6.07) is 12.0. The van der Waals surface area contributed by atoms with Gasteiger partial charge in [0.05, 0.1) is 12.8 Å². The van der Waals surface area contributed by atoms with Gasteiger partial charge in [0.1, 0.15) is 6.04 Å². The van der Waals surface area contributed by atoms with E-state index in [-0.39, 0.29) is 12.0 Å². The van der Waals surface area contributed by atoms with Gasteiger partial charge in [0.2, 0.25) is 0 Å². The van der Waals surface area contributed by atoms with Crippen molar-refractivity contribution in [2.45, 2.75) is 32.1 Å². The van der Waals surface area contributed by atoms with E-state index in [0.29, 0.717) is 13.0 Å². The lowest BCUT2D eigenvalue weighted by atomic mass is 10.1. The molecule has 5 heteroatoms. The molecule has 0 saturated heterocycles. The summed E-state index contributed by atoms with van der Waals surface area (Å²) in [7, 11) is 1.45. The molecule has 0 saturated carbocycles. The van der Waals surface area contributed by atoms with E-state index in [1.165, 1.54) is 12.7 Å². The second-order valence-corrected chi connectivity index (χ2v) is 5.26. The van der Waals surface area contributed by atoms with E-state index in [0.717, 1.165) is 18.8 Å². The minimum atomic E-state index is -0.225. The Balaban J connectivity index is 1.85. The van der Waals surface area contributed by atoms with Crippen LogP contribution in [0.15, 0.2) is 42.6 Å². The molecule has 0 aliphatic carbocycles. The molecule has 0 bridgehead atoms. The maximum Gasteiger partial charge on any atom is 0.323 e. The van der Waals surface area contributed by atoms with E-state index in [1.54, 1.807) is 0 Å². The van der Waals surface area contributed by atoms with Crippen LogP contribution in [0.4, 0.5) is 0 Å². The number of carbonyl (C=O) groups is 1. The van der Waals surface area contributed by atoms with Crippen LogP contribution in [0.3, 0.4) is 0 Å². The van der Waals surface area contributed by atoms with Crippen molar-refractivity contribution in [1.82, 2.24) is 14.7 Å². The Kier molecular flexibility index (Phi) is 4.01. The fourth-order valence-corrected chi connectivity index (χ4v) is 2.83. The Morgan fingerprint density at radius 2 is 2.14 bits per heavy atom. The van der Waals surface area contributed by atoms with E-state index in [1.807, 2.05) is 35.1 Å². The van der Waals surface area contributed by atoms with Gasteiger partial charge in [-0.2, -0.15) is 5.10 Å². The molecule has 5 nitrogen and oxygen atoms in total. The average molecular weight is 285 g/mol. The Morgan fingerprint density at radius 3 is 2.90 bits per heavy atom. The summed E-state index contributed by atoms with van der Waals surface area (Å²) < 4.78 is 6.95. The molecule has 0 spiro atoms. The van der Waals surface area contributed by atoms with Gasteiger partial charge < -0.3 is 4.74 Å². The molecule has 1 aromatic carbocycles. The van der Waals surface area contributed by atoms with Gasteiger partial charge in [0.15, 0.2) is 0 Å². The number of nitrogens with zero attached hydrogens (tertiary/aromatic N) is 3. The smallest absolute Gasteiger partial charge is 0.323 e. The van der Waals surface area contributed by atoms with Crippen LogP contribution in [-0.2, 0) is 29.2 Å². The third kappa shape index (κ3) is 2.97. The minimum absolute atomic E-state index is 0.170. The van der Waals surface area contributed by atoms with E-state index in [2.05, 4.69) is 22.1 Å². The van der Waals surface area contributed by atoms with Gasteiger partial charge in [-0.1, -0.05) is 30.3 Å². The molecule has 1 aliphatic heterocycles. The molecule has 2 heterocycles. The van der Waals surface area contributed by atoms with E-state index in [4.69, 9.17) is 4.74 Å². The van der Waals surface area contributed by atoms with Crippen molar-refractivity contribution in [2.75, 3.05) is 7.11 Å². The average Bonchev–Trinajstić information content (AvgIpc) is 2.88. The molecule has 2 aromatic rings. The SMILES string of the molecule is COC(=O)C1CCn2nccc2CN1Cc1ccccc1. The first-order valence-electron chi connectivity index (χ1n) is 7.14. The van der Waals surface area contributed by atoms with Crippen molar-refractivity contribution >= 4 is 5.97 Å². The summed E-state index contributed by atoms with van der Waals surface area (Å²) >= 11 is 0. The quantitative estimate of drug-likeness (QED) is 0.807. The molecule has 0 N–H and O–H groups in total. The second kappa shape index (κ2) is 6.10. The number of fused-ring (bicyclic) bond motifs is 1. The number of methoxy groups -OCH3 is 1. The van der Waals surface area contributed by atoms with Crippen LogP contribution in [0.25, 0.3) is 0 Å². The van der Waals surface area contributed by atoms with Crippen molar-refractivity contribution in [1.29, 1.82) is 0 Å². The molecule has 21 heavy (non-hydrogen) atoms. The Hall–Kier alpha value is -2.14. The zero-order chi connectivity index (χ0) is 14.7. The topological polar surface area (TPSA) is 47.4 Å². The maximum absolute atomic E-state index is 12.1. The first-order valence-corrected chi connectivity index (χ1v) is 7.14. The highest BCUT2D eigenvalue weighted by Crippen LogP contribution is 2.20. The number of ether oxygens (including phenoxy) is 1. The summed E-state index contributed by atoms with van der Waals surface area (Å²) in [6.45, 7) is 2.17. The van der Waals surface area contributed by atoms with E-state index in [9.17, 15) is 4.79 Å². The number of hydrogen-bond donors (Lipinski definition) is 0. The highest BCUT2D eigenvalue weighted by atomic mass is 16.5. The van der Waals surface area contributed by atoms with Gasteiger partial charge in [0, 0.05) is 25.8 Å². The molecule has 1 atom stereocenters. The predicted octanol–water partition coefficient (Wildman–Crippen LogP) is 1.83. The zero-order valence-corrected chi connectivity index (χ0v) is 12.1. The molecule has 1 unspecified atom stereocenters. The highest BCUT2D eigenvalue weighted by molar-refractivity contribution is 5.75. The number of esters is 1. The summed E-state index contributed by atoms with van der Waals surface area (Å²) in [5.74, 6) is -0.170. The normalized spacial score (nSPS) is 18.8. The van der Waals surface area contributed by atoms with Crippen LogP contribution in [0.2, 0.25) is 0 Å². The minimum Gasteiger partial charge on any atom is -0.468 e. The number of hydrogen-bond acceptors (Lipinski definition) is 4. The number of rotatable bonds is 3. The van der Waals surface area contributed by atoms with Crippen LogP contribution in [0.1, 0.15) is 17.7 Å². The standard InChI is InChI=1S/C16H19N3O2/c1-21-16(20)15-8-10-19-14(7-9-17-19)12-18(15)11-13-5-3-2-4-6-13/h2-7,9,15H,8,10-12H2,1H3. The van der Waals surface area contributed by atoms with Gasteiger partial charge >= 0.3 is 5.97 Å². The number of carbonyl (C=O) groups excluding carboxylic acids is 1. The molecule has 3 rings (SSSR count). The third-order valence-corrected chi connectivity index (χ3v) is 3.93. The monoisotopic (exact) mass is 285 g/mol. The van der Waals surface area contributed by atoms with Crippen molar-refractivity contribution in [3.8, 4) is 0 Å². The fraction of sp³-hybridized carbons (Fsp3) is 0.375. The maximum atomic E-state index is 12.1. The van der Waals surface area contributed by atoms with Crippen LogP contribution < -0.4 is 0 Å². The molecule has 110 valence electrons. The Bertz CT molecular complexity index is 609. The largest absolute Gasteiger partial charge is 0.468 e. The molecule has 0 amide bonds. The van der Waals surface area contributed by atoms with Crippen molar-refractivity contribution in [2.24, 2.45) is 0 Å². The lowest BCUT2D eigenvalue weighted by Gasteiger charge is -2.27. The lowest BCUT2D eigenvalue weighted by Crippen LogP contribution is -2.40. The first-order chi connectivity index (χ1) is 10.3. The van der Waals surface area contributed by atoms with Crippen molar-refractivity contribution in [3.63, 3.8) is 0 Å². The predicted molar refractivity (Wildman–Crippen MR) is 78.3 cm³/mol. The Labute approximate surface area is 124 Å². The van der Waals surface area contributed by atoms with Gasteiger partial charge in [-0.25, -0.2) is 0 Å². The zero-order valence-electron chi connectivity index (χ0n) is 12.1. The van der Waals surface area contributed by atoms with Gasteiger partial charge in [-0.15, -0.1) is 0 Å². The Morgan fingerprint density at radius 1 is 1.33 bits per heavy atom. The van der Waals surface area contributed by atoms with Gasteiger partial charge in [-0.3, -0.25) is 14.4 Å². The molecular weight excluding hydrogens is 266 g/mol. The highest BCUT2D eigenvalue weighted by Gasteiger charge is 2.30. The van der Waals surface area contributed by atoms with Crippen LogP contribution in [0.5, 0.6) is 0 Å². The molecule has 0 radical (unpaired) electrons. The molecule has 1 aliphatic rings. The molecule has 1 aromatic heterocycles. The van der Waals surface area contributed by atoms with Crippen molar-refractivity contribution < 1.29 is 9.53 Å². The summed E-state index contributed by atoms with van der Waals surface area (Å²) in [5.41, 5.74) is 2.33. The van der Waals surface area contributed by atoms with Gasteiger partial charge in [-0.05, 0) is 18.1 Å². The van der Waals surface area contributed by atoms with E-state index < -0.39 is 0 Å². The van der Waals surface area contributed by atoms with Crippen molar-refractivity contribution in [3.05, 3.63) is 53.9 Å². The summed E-state index contributed by atoms with van der Waals surface area (Å²) in [4.78, 5) is 14.3. The van der Waals surface area contributed by atoms with Crippen LogP contribution in [0, 0.1) is 0 Å². The van der Waals surface area contributed by atoms with Gasteiger partial charge in [0.25, 0.3) is 0 Å². The molecular formula is C16H19N3O2. The number of aromatic nitrogens is 2. The summed E-state index contributed by atoms with van der Waals surface area (Å²) in [5, 5.41) is 4.32. The lowest BCUT2D eigenvalue weighted by molar-refractivity contribution is -0.147. The van der Waals surface area contributed by atoms with Crippen LogP contribution >= 0.6 is 0 Å². The second-order valence-electron chi connectivity index (χ2n) is 5.26. The first kappa shape index (κ1) is 13.8. The van der Waals surface area contributed by atoms with Crippen LogP contribution in [-0.4, -0.2) is 33.8 Å². The third-order valence-electron chi connectivity index (χ3n) is 3.93. The van der Waals surface area contributed by atoms with E-state index >= 15 is 0 Å². The number of benzene rings is 1.